The van der Waals surface area contributed by atoms with Crippen molar-refractivity contribution < 1.29 is 40.9 Å². The molecule has 0 aliphatic carbocycles. The molecule has 0 bridgehead atoms. The van der Waals surface area contributed by atoms with Gasteiger partial charge >= 0.3 is 0 Å². The van der Waals surface area contributed by atoms with Crippen LogP contribution in [-0.2, 0) is 0 Å². The van der Waals surface area contributed by atoms with E-state index in [-0.39, 0.29) is 0 Å². The molecule has 0 fully saturated rings. The first-order valence-corrected chi connectivity index (χ1v) is 5.54. The van der Waals surface area contributed by atoms with Crippen LogP contribution in [0, 0.1) is 0 Å². The Morgan fingerprint density at radius 2 is 0.350 bits per heavy atom. The number of aliphatic hydroxyl groups excluding tert-OH is 8. The lowest BCUT2D eigenvalue weighted by Gasteiger charge is -1.69. The van der Waals surface area contributed by atoms with Crippen LogP contribution in [-0.4, -0.2) is 102 Å². The van der Waals surface area contributed by atoms with E-state index in [0.717, 1.165) is 56.9 Å². The smallest absolute Gasteiger partial charge is 0.180 e. The number of hydrogen-bond donors (Lipinski definition) is 8. The molecule has 0 spiro atoms. The number of hydrogen-bond acceptors (Lipinski definition) is 8. The Kier molecular flexibility index (Phi) is 1570. The Morgan fingerprint density at radius 1 is 0.350 bits per heavy atom. The van der Waals surface area contributed by atoms with Crippen molar-refractivity contribution in [2.24, 2.45) is 0 Å². The van der Waals surface area contributed by atoms with E-state index in [1.54, 1.807) is 0 Å². The predicted octanol–water partition coefficient (Wildman–Crippen LogP) is -1.15. The molecular weight excluding hydrogens is 342 g/mol. The third-order valence-corrected chi connectivity index (χ3v) is 0. The second-order valence-electron chi connectivity index (χ2n) is 0.247. The molecule has 0 atom stereocenters. The minimum absolute atomic E-state index is 0.750. The molecule has 20 heavy (non-hydrogen) atoms. The monoisotopic (exact) mass is 374 g/mol. The van der Waals surface area contributed by atoms with Crippen molar-refractivity contribution >= 4 is 34.8 Å². The van der Waals surface area contributed by atoms with Crippen molar-refractivity contribution in [2.45, 2.75) is 4.30 Å². The van der Waals surface area contributed by atoms with Crippen LogP contribution in [0.2, 0.25) is 0 Å². The quantitative estimate of drug-likeness (QED) is 0.246. The first-order valence-electron chi connectivity index (χ1n) is 4.23. The lowest BCUT2D eigenvalue weighted by atomic mass is 11.8. The van der Waals surface area contributed by atoms with Gasteiger partial charge in [-0.15, -0.1) is 0 Å². The van der Waals surface area contributed by atoms with Crippen molar-refractivity contribution in [1.29, 1.82) is 0 Å². The summed E-state index contributed by atoms with van der Waals surface area (Å²) in [6.07, 6.45) is 0. The first-order chi connectivity index (χ1) is 9.73. The summed E-state index contributed by atoms with van der Waals surface area (Å²) in [7, 11) is 8.00. The molecule has 0 radical (unpaired) electrons. The fourth-order valence-electron chi connectivity index (χ4n) is 0. The van der Waals surface area contributed by atoms with Gasteiger partial charge in [0.15, 0.2) is 4.30 Å². The number of halogens is 3. The van der Waals surface area contributed by atoms with Gasteiger partial charge < -0.3 is 40.9 Å². The van der Waals surface area contributed by atoms with Gasteiger partial charge in [-0.05, 0) is 0 Å². The molecule has 0 aliphatic rings. The molecule has 0 heterocycles. The lowest BCUT2D eigenvalue weighted by molar-refractivity contribution is 0.399. The Bertz CT molecular complexity index is 33.9. The Labute approximate surface area is 137 Å². The van der Waals surface area contributed by atoms with E-state index in [0.29, 0.717) is 0 Å². The van der Waals surface area contributed by atoms with E-state index >= 15 is 0 Å². The van der Waals surface area contributed by atoms with Crippen LogP contribution in [0.5, 0.6) is 0 Å². The van der Waals surface area contributed by atoms with E-state index < -0.39 is 4.30 Å². The fraction of sp³-hybridized carbons (Fsp3) is 1.00. The van der Waals surface area contributed by atoms with E-state index in [2.05, 4.69) is 0 Å². The SMILES string of the molecule is CO.CO.CO.CO.CO.CO.CO.CO.ClC(Cl)Cl. The highest BCUT2D eigenvalue weighted by Gasteiger charge is 1.78. The van der Waals surface area contributed by atoms with Crippen LogP contribution >= 0.6 is 34.8 Å². The van der Waals surface area contributed by atoms with Gasteiger partial charge in [-0.1, -0.05) is 34.8 Å². The molecule has 0 aromatic heterocycles. The predicted molar refractivity (Wildman–Crippen MR) is 86.5 cm³/mol. The van der Waals surface area contributed by atoms with Crippen molar-refractivity contribution in [3.05, 3.63) is 0 Å². The van der Waals surface area contributed by atoms with Crippen LogP contribution in [0.4, 0.5) is 0 Å². The molecule has 8 nitrogen and oxygen atoms in total. The maximum atomic E-state index is 7.00. The van der Waals surface area contributed by atoms with E-state index in [1.807, 2.05) is 0 Å². The van der Waals surface area contributed by atoms with Crippen LogP contribution in [0.15, 0.2) is 0 Å². The molecule has 0 aromatic carbocycles. The highest BCUT2D eigenvalue weighted by atomic mass is 35.6. The summed E-state index contributed by atoms with van der Waals surface area (Å²) in [4.78, 5) is 0. The minimum atomic E-state index is -0.750. The average Bonchev–Trinajstić information content (AvgIpc) is 2.61. The summed E-state index contributed by atoms with van der Waals surface area (Å²) in [6.45, 7) is 0. The molecule has 0 saturated carbocycles. The third-order valence-electron chi connectivity index (χ3n) is 0. The molecule has 0 aliphatic heterocycles. The summed E-state index contributed by atoms with van der Waals surface area (Å²) in [6, 6.07) is 0. The van der Waals surface area contributed by atoms with Gasteiger partial charge in [-0.3, -0.25) is 0 Å². The summed E-state index contributed by atoms with van der Waals surface area (Å²) >= 11 is 14.4. The third kappa shape index (κ3) is 18900. The van der Waals surface area contributed by atoms with E-state index in [1.165, 1.54) is 0 Å². The molecule has 138 valence electrons. The Morgan fingerprint density at radius 3 is 0.350 bits per heavy atom. The zero-order valence-corrected chi connectivity index (χ0v) is 15.6. The largest absolute Gasteiger partial charge is 0.400 e. The minimum Gasteiger partial charge on any atom is -0.400 e. The maximum absolute atomic E-state index is 7.00. The summed E-state index contributed by atoms with van der Waals surface area (Å²) in [5, 5.41) is 56.0. The van der Waals surface area contributed by atoms with Gasteiger partial charge in [-0.25, -0.2) is 0 Å². The van der Waals surface area contributed by atoms with Crippen molar-refractivity contribution in [3.63, 3.8) is 0 Å². The van der Waals surface area contributed by atoms with Gasteiger partial charge in [0.2, 0.25) is 0 Å². The summed E-state index contributed by atoms with van der Waals surface area (Å²) in [5.41, 5.74) is 0. The zero-order valence-electron chi connectivity index (χ0n) is 13.3. The van der Waals surface area contributed by atoms with Gasteiger partial charge in [0.25, 0.3) is 0 Å². The number of alkyl halides is 3. The van der Waals surface area contributed by atoms with Crippen LogP contribution in [0.3, 0.4) is 0 Å². The molecule has 11 heteroatoms. The Balaban J connectivity index is -0.00000000993. The van der Waals surface area contributed by atoms with Crippen LogP contribution in [0.25, 0.3) is 0 Å². The maximum Gasteiger partial charge on any atom is 0.180 e. The molecule has 0 amide bonds. The van der Waals surface area contributed by atoms with Gasteiger partial charge in [0, 0.05) is 56.9 Å². The van der Waals surface area contributed by atoms with Gasteiger partial charge in [0.1, 0.15) is 0 Å². The second-order valence-corrected chi connectivity index (χ2v) is 2.23. The Hall–Kier alpha value is 0.550. The molecule has 0 saturated heterocycles. The van der Waals surface area contributed by atoms with Crippen molar-refractivity contribution in [3.8, 4) is 0 Å². The topological polar surface area (TPSA) is 162 Å². The van der Waals surface area contributed by atoms with Crippen molar-refractivity contribution in [1.82, 2.24) is 0 Å². The molecule has 8 N–H and O–H groups in total. The van der Waals surface area contributed by atoms with Crippen molar-refractivity contribution in [2.75, 3.05) is 56.9 Å². The van der Waals surface area contributed by atoms with Gasteiger partial charge in [-0.2, -0.15) is 0 Å². The van der Waals surface area contributed by atoms with Crippen LogP contribution in [0.1, 0.15) is 0 Å². The molecule has 0 unspecified atom stereocenters. The number of rotatable bonds is 0. The normalized spacial score (nSPS) is 4.20. The molecular formula is C9H33Cl3O8. The molecule has 0 aromatic rings. The van der Waals surface area contributed by atoms with E-state index in [9.17, 15) is 0 Å². The fourth-order valence-corrected chi connectivity index (χ4v) is 0. The number of aliphatic hydroxyl groups is 8. The molecule has 0 rings (SSSR count). The lowest BCUT2D eigenvalue weighted by Crippen LogP contribution is -1.55. The van der Waals surface area contributed by atoms with Gasteiger partial charge in [0.05, 0.1) is 0 Å². The second kappa shape index (κ2) is 534. The highest BCUT2D eigenvalue weighted by Crippen LogP contribution is 2.03. The van der Waals surface area contributed by atoms with Crippen LogP contribution < -0.4 is 0 Å². The average molecular weight is 376 g/mol. The van der Waals surface area contributed by atoms with E-state index in [4.69, 9.17) is 75.7 Å². The summed E-state index contributed by atoms with van der Waals surface area (Å²) < 4.78 is -0.750. The standard InChI is InChI=1S/CHCl3.8CH4O/c2-1(3)4;8*1-2/h1H;8*2H,1H3. The summed E-state index contributed by atoms with van der Waals surface area (Å²) in [5.74, 6) is 0. The zero-order chi connectivity index (χ0) is 19.6. The highest BCUT2D eigenvalue weighted by molar-refractivity contribution is 6.63. The first kappa shape index (κ1) is 58.9.